The van der Waals surface area contributed by atoms with Crippen LogP contribution in [0.5, 0.6) is 0 Å². The van der Waals surface area contributed by atoms with Crippen LogP contribution in [0.2, 0.25) is 0 Å². The number of rotatable bonds is 5. The number of nitrogens with one attached hydrogen (secondary N) is 2. The number of nitrogens with two attached hydrogens (primary N) is 1. The molecule has 0 fully saturated rings. The summed E-state index contributed by atoms with van der Waals surface area (Å²) in [7, 11) is 1.45. The minimum atomic E-state index is -0.983. The van der Waals surface area contributed by atoms with Crippen molar-refractivity contribution in [3.63, 3.8) is 0 Å². The Kier molecular flexibility index (Phi) is 6.01. The van der Waals surface area contributed by atoms with Gasteiger partial charge >= 0.3 is 0 Å². The monoisotopic (exact) mass is 411 g/mol. The zero-order chi connectivity index (χ0) is 21.8. The van der Waals surface area contributed by atoms with E-state index in [-0.39, 0.29) is 34.7 Å². The second-order valence-corrected chi connectivity index (χ2v) is 6.50. The molecule has 3 rings (SSSR count). The van der Waals surface area contributed by atoms with Crippen molar-refractivity contribution in [2.24, 2.45) is 0 Å². The van der Waals surface area contributed by atoms with Crippen molar-refractivity contribution in [1.82, 2.24) is 20.6 Å². The number of hydrogen-bond donors (Lipinski definition) is 3. The Balaban J connectivity index is 1.81. The van der Waals surface area contributed by atoms with Gasteiger partial charge in [-0.15, -0.1) is 0 Å². The zero-order valence-corrected chi connectivity index (χ0v) is 16.3. The van der Waals surface area contributed by atoms with Gasteiger partial charge in [0.05, 0.1) is 11.9 Å². The molecule has 0 aliphatic heterocycles. The lowest BCUT2D eigenvalue weighted by Crippen LogP contribution is -2.23. The first-order chi connectivity index (χ1) is 14.3. The predicted molar refractivity (Wildman–Crippen MR) is 108 cm³/mol. The van der Waals surface area contributed by atoms with Crippen molar-refractivity contribution in [1.29, 1.82) is 0 Å². The smallest absolute Gasteiger partial charge is 0.273 e. The molecule has 0 saturated heterocycles. The van der Waals surface area contributed by atoms with Crippen LogP contribution in [-0.4, -0.2) is 28.8 Å². The van der Waals surface area contributed by atoms with E-state index in [9.17, 15) is 18.4 Å². The summed E-state index contributed by atoms with van der Waals surface area (Å²) in [6, 6.07) is 9.32. The average Bonchev–Trinajstić information content (AvgIpc) is 2.76. The molecule has 0 aliphatic rings. The lowest BCUT2D eigenvalue weighted by atomic mass is 10.1. The maximum atomic E-state index is 14.0. The molecule has 1 aromatic heterocycles. The number of amides is 2. The van der Waals surface area contributed by atoms with E-state index in [4.69, 9.17) is 5.73 Å². The van der Waals surface area contributed by atoms with Crippen molar-refractivity contribution in [2.75, 3.05) is 12.8 Å². The van der Waals surface area contributed by atoms with E-state index < -0.39 is 23.4 Å². The largest absolute Gasteiger partial charge is 0.382 e. The number of anilines is 1. The third kappa shape index (κ3) is 4.24. The van der Waals surface area contributed by atoms with Crippen molar-refractivity contribution in [3.05, 3.63) is 76.6 Å². The molecule has 0 radical (unpaired) electrons. The summed E-state index contributed by atoms with van der Waals surface area (Å²) < 4.78 is 27.7. The number of nitrogens with zero attached hydrogens (tertiary/aromatic N) is 2. The third-order valence-corrected chi connectivity index (χ3v) is 4.46. The highest BCUT2D eigenvalue weighted by Gasteiger charge is 2.15. The number of carbonyl (C=O) groups excluding carboxylic acids is 2. The van der Waals surface area contributed by atoms with Crippen LogP contribution in [0.15, 0.2) is 42.6 Å². The van der Waals surface area contributed by atoms with Gasteiger partial charge in [0.25, 0.3) is 11.8 Å². The molecule has 1 heterocycles. The van der Waals surface area contributed by atoms with Crippen LogP contribution in [0.25, 0.3) is 11.3 Å². The van der Waals surface area contributed by atoms with E-state index in [1.807, 2.05) is 0 Å². The predicted octanol–water partition coefficient (Wildman–Crippen LogP) is 2.60. The number of hydrogen-bond acceptors (Lipinski definition) is 5. The summed E-state index contributed by atoms with van der Waals surface area (Å²) in [5.74, 6) is -2.89. The minimum absolute atomic E-state index is 0.0145. The van der Waals surface area contributed by atoms with E-state index in [2.05, 4.69) is 20.6 Å². The van der Waals surface area contributed by atoms with Gasteiger partial charge in [-0.3, -0.25) is 9.59 Å². The highest BCUT2D eigenvalue weighted by atomic mass is 19.2. The molecule has 0 unspecified atom stereocenters. The van der Waals surface area contributed by atoms with E-state index in [0.29, 0.717) is 11.3 Å². The van der Waals surface area contributed by atoms with Crippen molar-refractivity contribution >= 4 is 17.6 Å². The van der Waals surface area contributed by atoms with Gasteiger partial charge in [-0.05, 0) is 24.6 Å². The van der Waals surface area contributed by atoms with Gasteiger partial charge in [-0.1, -0.05) is 24.3 Å². The standard InChI is InChI=1S/C21H19F2N5O2/c1-11-6-7-14(17(23)16(11)22)9-27-20(29)13-5-3-4-12(8-13)15-10-26-19(24)18(28-15)21(30)25-2/h3-8,10H,9H2,1-2H3,(H2,24,26)(H,25,30)(H,27,29). The number of benzene rings is 2. The SMILES string of the molecule is CNC(=O)c1nc(-c2cccc(C(=O)NCc3ccc(C)c(F)c3F)c2)cnc1N. The molecule has 154 valence electrons. The summed E-state index contributed by atoms with van der Waals surface area (Å²) in [5.41, 5.74) is 7.07. The Bertz CT molecular complexity index is 1130. The van der Waals surface area contributed by atoms with E-state index in [1.54, 1.807) is 24.3 Å². The molecule has 7 nitrogen and oxygen atoms in total. The molecule has 9 heteroatoms. The summed E-state index contributed by atoms with van der Waals surface area (Å²) in [6.45, 7) is 1.29. The summed E-state index contributed by atoms with van der Waals surface area (Å²) in [5, 5.41) is 5.00. The molecule has 0 saturated carbocycles. The number of aromatic nitrogens is 2. The highest BCUT2D eigenvalue weighted by Crippen LogP contribution is 2.20. The Morgan fingerprint density at radius 3 is 2.60 bits per heavy atom. The summed E-state index contributed by atoms with van der Waals surface area (Å²) in [4.78, 5) is 32.6. The highest BCUT2D eigenvalue weighted by molar-refractivity contribution is 5.97. The first-order valence-corrected chi connectivity index (χ1v) is 8.98. The fourth-order valence-electron chi connectivity index (χ4n) is 2.74. The molecular weight excluding hydrogens is 392 g/mol. The van der Waals surface area contributed by atoms with Crippen LogP contribution in [0, 0.1) is 18.6 Å². The third-order valence-electron chi connectivity index (χ3n) is 4.46. The maximum Gasteiger partial charge on any atom is 0.273 e. The van der Waals surface area contributed by atoms with Gasteiger partial charge in [0, 0.05) is 30.3 Å². The quantitative estimate of drug-likeness (QED) is 0.598. The fraction of sp³-hybridized carbons (Fsp3) is 0.143. The van der Waals surface area contributed by atoms with Crippen LogP contribution in [0.4, 0.5) is 14.6 Å². The van der Waals surface area contributed by atoms with E-state index >= 15 is 0 Å². The first kappa shape index (κ1) is 20.8. The molecule has 4 N–H and O–H groups in total. The lowest BCUT2D eigenvalue weighted by molar-refractivity contribution is 0.0945. The molecule has 0 aliphatic carbocycles. The molecule has 2 amide bonds. The van der Waals surface area contributed by atoms with Crippen molar-refractivity contribution in [2.45, 2.75) is 13.5 Å². The molecule has 30 heavy (non-hydrogen) atoms. The lowest BCUT2D eigenvalue weighted by Gasteiger charge is -2.10. The Hall–Kier alpha value is -3.88. The topological polar surface area (TPSA) is 110 Å². The zero-order valence-electron chi connectivity index (χ0n) is 16.3. The van der Waals surface area contributed by atoms with Gasteiger partial charge in [0.1, 0.15) is 0 Å². The van der Waals surface area contributed by atoms with Gasteiger partial charge in [0.2, 0.25) is 0 Å². The second-order valence-electron chi connectivity index (χ2n) is 6.50. The molecule has 0 atom stereocenters. The Labute approximate surface area is 171 Å². The molecule has 0 spiro atoms. The van der Waals surface area contributed by atoms with Crippen LogP contribution < -0.4 is 16.4 Å². The Morgan fingerprint density at radius 1 is 1.10 bits per heavy atom. The van der Waals surface area contributed by atoms with Crippen molar-refractivity contribution < 1.29 is 18.4 Å². The number of halogens is 2. The van der Waals surface area contributed by atoms with Crippen molar-refractivity contribution in [3.8, 4) is 11.3 Å². The van der Waals surface area contributed by atoms with E-state index in [0.717, 1.165) is 0 Å². The van der Waals surface area contributed by atoms with Gasteiger partial charge in [-0.2, -0.15) is 0 Å². The van der Waals surface area contributed by atoms with Crippen LogP contribution in [-0.2, 0) is 6.54 Å². The Morgan fingerprint density at radius 2 is 1.87 bits per heavy atom. The molecule has 2 aromatic carbocycles. The maximum absolute atomic E-state index is 14.0. The van der Waals surface area contributed by atoms with Gasteiger partial charge < -0.3 is 16.4 Å². The number of aryl methyl sites for hydroxylation is 1. The number of nitrogen functional groups attached to an aromatic ring is 1. The first-order valence-electron chi connectivity index (χ1n) is 8.98. The fourth-order valence-corrected chi connectivity index (χ4v) is 2.74. The average molecular weight is 411 g/mol. The van der Waals surface area contributed by atoms with E-state index in [1.165, 1.54) is 32.3 Å². The van der Waals surface area contributed by atoms with Crippen LogP contribution >= 0.6 is 0 Å². The van der Waals surface area contributed by atoms with Gasteiger partial charge in [-0.25, -0.2) is 18.7 Å². The van der Waals surface area contributed by atoms with Crippen LogP contribution in [0.1, 0.15) is 32.0 Å². The van der Waals surface area contributed by atoms with Gasteiger partial charge in [0.15, 0.2) is 23.1 Å². The molecular formula is C21H19F2N5O2. The normalized spacial score (nSPS) is 10.5. The molecule has 3 aromatic rings. The minimum Gasteiger partial charge on any atom is -0.382 e. The summed E-state index contributed by atoms with van der Waals surface area (Å²) >= 11 is 0. The second kappa shape index (κ2) is 8.64. The molecule has 0 bridgehead atoms. The number of carbonyl (C=O) groups is 2. The summed E-state index contributed by atoms with van der Waals surface area (Å²) in [6.07, 6.45) is 1.39. The van der Waals surface area contributed by atoms with Crippen LogP contribution in [0.3, 0.4) is 0 Å².